The van der Waals surface area contributed by atoms with Crippen molar-refractivity contribution in [3.05, 3.63) is 46.8 Å². The number of rotatable bonds is 1. The second-order valence-corrected chi connectivity index (χ2v) is 5.84. The molecule has 0 radical (unpaired) electrons. The highest BCUT2D eigenvalue weighted by Crippen LogP contribution is 2.27. The van der Waals surface area contributed by atoms with Gasteiger partial charge < -0.3 is 10.2 Å². The molecule has 5 nitrogen and oxygen atoms in total. The van der Waals surface area contributed by atoms with Gasteiger partial charge in [-0.25, -0.2) is 0 Å². The summed E-state index contributed by atoms with van der Waals surface area (Å²) in [5, 5.41) is 5.41. The number of furan rings is 1. The minimum Gasteiger partial charge on any atom is -0.461 e. The fourth-order valence-electron chi connectivity index (χ4n) is 3.15. The summed E-state index contributed by atoms with van der Waals surface area (Å²) < 4.78 is 6.93. The minimum atomic E-state index is -0.206. The van der Waals surface area contributed by atoms with Crippen molar-refractivity contribution in [2.45, 2.75) is 32.6 Å². The van der Waals surface area contributed by atoms with Crippen molar-refractivity contribution >= 4 is 22.7 Å². The number of nitrogens with two attached hydrogens (primary N) is 1. The molecule has 4 rings (SSSR count). The van der Waals surface area contributed by atoms with E-state index in [0.717, 1.165) is 48.1 Å². The maximum absolute atomic E-state index is 12.7. The SMILES string of the molecule is Cc1cc2ccc(C(=O)n3nc4c(c3N)CCCC4)cc2o1. The Balaban J connectivity index is 1.78. The van der Waals surface area contributed by atoms with Crippen LogP contribution in [0.2, 0.25) is 0 Å². The summed E-state index contributed by atoms with van der Waals surface area (Å²) in [6.07, 6.45) is 4.02. The number of hydrogen-bond donors (Lipinski definition) is 1. The number of carbonyl (C=O) groups excluding carboxylic acids is 1. The van der Waals surface area contributed by atoms with Crippen LogP contribution in [0.5, 0.6) is 0 Å². The topological polar surface area (TPSA) is 74.0 Å². The Kier molecular flexibility index (Phi) is 2.82. The van der Waals surface area contributed by atoms with Crippen LogP contribution < -0.4 is 5.73 Å². The maximum atomic E-state index is 12.7. The molecule has 1 aliphatic carbocycles. The molecule has 0 spiro atoms. The Morgan fingerprint density at radius 1 is 1.27 bits per heavy atom. The highest BCUT2D eigenvalue weighted by Gasteiger charge is 2.23. The Labute approximate surface area is 127 Å². The molecule has 112 valence electrons. The first-order chi connectivity index (χ1) is 10.6. The summed E-state index contributed by atoms with van der Waals surface area (Å²) in [4.78, 5) is 12.7. The van der Waals surface area contributed by atoms with Gasteiger partial charge in [0.25, 0.3) is 5.91 Å². The lowest BCUT2D eigenvalue weighted by Gasteiger charge is -2.08. The zero-order valence-electron chi connectivity index (χ0n) is 12.4. The summed E-state index contributed by atoms with van der Waals surface area (Å²) in [6, 6.07) is 7.38. The number of fused-ring (bicyclic) bond motifs is 2. The summed E-state index contributed by atoms with van der Waals surface area (Å²) >= 11 is 0. The third-order valence-electron chi connectivity index (χ3n) is 4.28. The number of benzene rings is 1. The minimum absolute atomic E-state index is 0.206. The molecule has 2 heterocycles. The number of hydrogen-bond acceptors (Lipinski definition) is 4. The van der Waals surface area contributed by atoms with Crippen LogP contribution in [-0.2, 0) is 12.8 Å². The molecule has 0 saturated carbocycles. The standard InChI is InChI=1S/C17H17N3O2/c1-10-8-11-6-7-12(9-15(11)22-10)17(21)20-16(18)13-4-2-3-5-14(13)19-20/h6-9H,2-5,18H2,1H3. The van der Waals surface area contributed by atoms with Gasteiger partial charge in [0, 0.05) is 16.5 Å². The molecule has 0 aliphatic heterocycles. The molecule has 1 aromatic carbocycles. The molecule has 2 N–H and O–H groups in total. The molecule has 22 heavy (non-hydrogen) atoms. The highest BCUT2D eigenvalue weighted by atomic mass is 16.3. The van der Waals surface area contributed by atoms with E-state index in [1.807, 2.05) is 19.1 Å². The summed E-state index contributed by atoms with van der Waals surface area (Å²) in [7, 11) is 0. The Hall–Kier alpha value is -2.56. The van der Waals surface area contributed by atoms with Crippen LogP contribution in [0.15, 0.2) is 28.7 Å². The van der Waals surface area contributed by atoms with Gasteiger partial charge in [-0.1, -0.05) is 6.07 Å². The summed E-state index contributed by atoms with van der Waals surface area (Å²) in [5.74, 6) is 1.10. The number of aromatic nitrogens is 2. The molecule has 1 aliphatic rings. The van der Waals surface area contributed by atoms with Crippen molar-refractivity contribution in [2.24, 2.45) is 0 Å². The number of carbonyl (C=O) groups is 1. The zero-order chi connectivity index (χ0) is 15.3. The van der Waals surface area contributed by atoms with Crippen LogP contribution in [0, 0.1) is 6.92 Å². The van der Waals surface area contributed by atoms with Gasteiger partial charge >= 0.3 is 0 Å². The van der Waals surface area contributed by atoms with Gasteiger partial charge in [-0.2, -0.15) is 9.78 Å². The van der Waals surface area contributed by atoms with E-state index in [-0.39, 0.29) is 5.91 Å². The van der Waals surface area contributed by atoms with E-state index in [2.05, 4.69) is 5.10 Å². The largest absolute Gasteiger partial charge is 0.461 e. The Bertz CT molecular complexity index is 889. The predicted octanol–water partition coefficient (Wildman–Crippen LogP) is 3.09. The number of nitrogens with zero attached hydrogens (tertiary/aromatic N) is 2. The zero-order valence-corrected chi connectivity index (χ0v) is 12.4. The molecule has 0 bridgehead atoms. The van der Waals surface area contributed by atoms with Crippen molar-refractivity contribution < 1.29 is 9.21 Å². The van der Waals surface area contributed by atoms with Crippen LogP contribution in [0.3, 0.4) is 0 Å². The second kappa shape index (κ2) is 4.73. The Morgan fingerprint density at radius 2 is 2.09 bits per heavy atom. The summed E-state index contributed by atoms with van der Waals surface area (Å²) in [6.45, 7) is 1.89. The van der Waals surface area contributed by atoms with E-state index in [0.29, 0.717) is 17.0 Å². The average molecular weight is 295 g/mol. The van der Waals surface area contributed by atoms with E-state index in [1.165, 1.54) is 4.68 Å². The molecule has 3 aromatic rings. The van der Waals surface area contributed by atoms with Crippen molar-refractivity contribution in [1.29, 1.82) is 0 Å². The van der Waals surface area contributed by atoms with E-state index < -0.39 is 0 Å². The van der Waals surface area contributed by atoms with Crippen LogP contribution in [0.1, 0.15) is 40.2 Å². The fourth-order valence-corrected chi connectivity index (χ4v) is 3.15. The van der Waals surface area contributed by atoms with Crippen molar-refractivity contribution in [1.82, 2.24) is 9.78 Å². The first-order valence-corrected chi connectivity index (χ1v) is 7.54. The van der Waals surface area contributed by atoms with Gasteiger partial charge in [-0.05, 0) is 50.8 Å². The predicted molar refractivity (Wildman–Crippen MR) is 84.0 cm³/mol. The van der Waals surface area contributed by atoms with Gasteiger partial charge in [0.05, 0.1) is 5.69 Å². The average Bonchev–Trinajstić information content (AvgIpc) is 3.05. The smallest absolute Gasteiger partial charge is 0.280 e. The lowest BCUT2D eigenvalue weighted by atomic mass is 9.98. The second-order valence-electron chi connectivity index (χ2n) is 5.84. The van der Waals surface area contributed by atoms with Crippen LogP contribution in [-0.4, -0.2) is 15.7 Å². The van der Waals surface area contributed by atoms with Gasteiger partial charge in [-0.15, -0.1) is 0 Å². The molecule has 2 aromatic heterocycles. The molecule has 0 saturated heterocycles. The number of anilines is 1. The molecule has 0 unspecified atom stereocenters. The normalized spacial score (nSPS) is 14.2. The van der Waals surface area contributed by atoms with Crippen molar-refractivity contribution in [2.75, 3.05) is 5.73 Å². The van der Waals surface area contributed by atoms with Crippen molar-refractivity contribution in [3.8, 4) is 0 Å². The van der Waals surface area contributed by atoms with Crippen LogP contribution in [0.25, 0.3) is 11.0 Å². The number of nitrogen functional groups attached to an aromatic ring is 1. The van der Waals surface area contributed by atoms with E-state index in [9.17, 15) is 4.79 Å². The lowest BCUT2D eigenvalue weighted by Crippen LogP contribution is -2.16. The van der Waals surface area contributed by atoms with Gasteiger partial charge in [0.2, 0.25) is 0 Å². The van der Waals surface area contributed by atoms with Gasteiger partial charge in [0.15, 0.2) is 0 Å². The van der Waals surface area contributed by atoms with E-state index >= 15 is 0 Å². The van der Waals surface area contributed by atoms with Crippen LogP contribution in [0.4, 0.5) is 5.82 Å². The first kappa shape index (κ1) is 13.1. The van der Waals surface area contributed by atoms with Crippen molar-refractivity contribution in [3.63, 3.8) is 0 Å². The third kappa shape index (κ3) is 1.93. The van der Waals surface area contributed by atoms with E-state index in [4.69, 9.17) is 10.2 Å². The third-order valence-corrected chi connectivity index (χ3v) is 4.28. The molecular formula is C17H17N3O2. The van der Waals surface area contributed by atoms with Gasteiger partial charge in [0.1, 0.15) is 17.2 Å². The monoisotopic (exact) mass is 295 g/mol. The summed E-state index contributed by atoms with van der Waals surface area (Å²) in [5.41, 5.74) is 9.38. The van der Waals surface area contributed by atoms with E-state index in [1.54, 1.807) is 12.1 Å². The Morgan fingerprint density at radius 3 is 2.91 bits per heavy atom. The molecule has 0 fully saturated rings. The highest BCUT2D eigenvalue weighted by molar-refractivity contribution is 6.00. The fraction of sp³-hybridized carbons (Fsp3) is 0.294. The van der Waals surface area contributed by atoms with Gasteiger partial charge in [-0.3, -0.25) is 4.79 Å². The first-order valence-electron chi connectivity index (χ1n) is 7.54. The molecular weight excluding hydrogens is 278 g/mol. The number of aryl methyl sites for hydroxylation is 2. The maximum Gasteiger partial charge on any atom is 0.280 e. The molecule has 0 atom stereocenters. The molecule has 5 heteroatoms. The molecule has 0 amide bonds. The van der Waals surface area contributed by atoms with Crippen LogP contribution >= 0.6 is 0 Å². The lowest BCUT2D eigenvalue weighted by molar-refractivity contribution is 0.0947. The quantitative estimate of drug-likeness (QED) is 0.748.